The van der Waals surface area contributed by atoms with Crippen LogP contribution in [-0.2, 0) is 6.42 Å². The van der Waals surface area contributed by atoms with Crippen molar-refractivity contribution in [3.63, 3.8) is 0 Å². The van der Waals surface area contributed by atoms with E-state index >= 15 is 0 Å². The van der Waals surface area contributed by atoms with Crippen LogP contribution in [0.25, 0.3) is 0 Å². The van der Waals surface area contributed by atoms with E-state index < -0.39 is 0 Å². The third-order valence-corrected chi connectivity index (χ3v) is 2.75. The fourth-order valence-corrected chi connectivity index (χ4v) is 2.09. The fourth-order valence-electron chi connectivity index (χ4n) is 1.41. The summed E-state index contributed by atoms with van der Waals surface area (Å²) >= 11 is 1.71. The van der Waals surface area contributed by atoms with Crippen LogP contribution in [0, 0.1) is 0 Å². The first-order valence-corrected chi connectivity index (χ1v) is 6.38. The lowest BCUT2D eigenvalue weighted by Crippen LogP contribution is -2.45. The highest BCUT2D eigenvalue weighted by Crippen LogP contribution is 2.09. The van der Waals surface area contributed by atoms with E-state index in [1.165, 1.54) is 5.56 Å². The predicted molar refractivity (Wildman–Crippen MR) is 70.5 cm³/mol. The van der Waals surface area contributed by atoms with Gasteiger partial charge >= 0.3 is 0 Å². The summed E-state index contributed by atoms with van der Waals surface area (Å²) in [6, 6.07) is 2.66. The molecular weight excluding hydrogens is 220 g/mol. The summed E-state index contributed by atoms with van der Waals surface area (Å²) in [5, 5.41) is 7.39. The Morgan fingerprint density at radius 2 is 2.25 bits per heavy atom. The van der Waals surface area contributed by atoms with Gasteiger partial charge in [0.25, 0.3) is 0 Å². The molecule has 0 fully saturated rings. The number of nitrogens with two attached hydrogens (primary N) is 1. The lowest BCUT2D eigenvalue weighted by atomic mass is 10.1. The van der Waals surface area contributed by atoms with E-state index in [2.05, 4.69) is 53.3 Å². The highest BCUT2D eigenvalue weighted by Gasteiger charge is 2.05. The van der Waals surface area contributed by atoms with E-state index in [0.717, 1.165) is 6.42 Å². The Morgan fingerprint density at radius 3 is 2.75 bits per heavy atom. The smallest absolute Gasteiger partial charge is 0.206 e. The van der Waals surface area contributed by atoms with Crippen molar-refractivity contribution in [1.82, 2.24) is 10.7 Å². The molecule has 0 spiro atoms. The van der Waals surface area contributed by atoms with E-state index in [-0.39, 0.29) is 6.04 Å². The molecule has 4 nitrogen and oxygen atoms in total. The van der Waals surface area contributed by atoms with Crippen molar-refractivity contribution in [1.29, 1.82) is 0 Å². The number of aliphatic imine (C=N–C) groups is 1. The third kappa shape index (κ3) is 4.63. The molecule has 0 aromatic carbocycles. The van der Waals surface area contributed by atoms with Crippen molar-refractivity contribution < 1.29 is 0 Å². The molecule has 1 atom stereocenters. The van der Waals surface area contributed by atoms with Gasteiger partial charge in [-0.1, -0.05) is 0 Å². The van der Waals surface area contributed by atoms with E-state index in [9.17, 15) is 0 Å². The molecule has 0 radical (unpaired) electrons. The summed E-state index contributed by atoms with van der Waals surface area (Å²) in [4.78, 5) is 4.48. The van der Waals surface area contributed by atoms with Gasteiger partial charge in [0, 0.05) is 6.04 Å². The summed E-state index contributed by atoms with van der Waals surface area (Å²) in [6.07, 6.45) is 0.939. The zero-order valence-corrected chi connectivity index (χ0v) is 10.8. The van der Waals surface area contributed by atoms with Gasteiger partial charge in [0.05, 0.1) is 6.04 Å². The van der Waals surface area contributed by atoms with E-state index in [0.29, 0.717) is 12.0 Å². The summed E-state index contributed by atoms with van der Waals surface area (Å²) < 4.78 is 0. The first-order chi connectivity index (χ1) is 7.61. The molecule has 0 saturated carbocycles. The molecule has 1 rings (SSSR count). The molecule has 1 unspecified atom stereocenters. The molecule has 1 aromatic heterocycles. The molecule has 1 aromatic rings. The topological polar surface area (TPSA) is 62.4 Å². The monoisotopic (exact) mass is 240 g/mol. The van der Waals surface area contributed by atoms with E-state index in [1.54, 1.807) is 11.3 Å². The van der Waals surface area contributed by atoms with Crippen LogP contribution < -0.4 is 16.6 Å². The van der Waals surface area contributed by atoms with Gasteiger partial charge in [0.2, 0.25) is 5.96 Å². The van der Waals surface area contributed by atoms with Crippen LogP contribution >= 0.6 is 11.3 Å². The van der Waals surface area contributed by atoms with Gasteiger partial charge < -0.3 is 5.32 Å². The minimum absolute atomic E-state index is 0.215. The minimum Gasteiger partial charge on any atom is -0.353 e. The quantitative estimate of drug-likeness (QED) is 0.323. The number of nitrogens with one attached hydrogen (secondary N) is 2. The molecule has 0 aliphatic heterocycles. The van der Waals surface area contributed by atoms with Crippen molar-refractivity contribution in [3.05, 3.63) is 22.4 Å². The van der Waals surface area contributed by atoms with E-state index in [1.807, 2.05) is 0 Å². The first-order valence-electron chi connectivity index (χ1n) is 5.44. The van der Waals surface area contributed by atoms with Crippen LogP contribution in [-0.4, -0.2) is 18.0 Å². The van der Waals surface area contributed by atoms with Crippen LogP contribution in [0.3, 0.4) is 0 Å². The zero-order chi connectivity index (χ0) is 12.0. The molecule has 0 saturated heterocycles. The molecule has 4 N–H and O–H groups in total. The molecule has 16 heavy (non-hydrogen) atoms. The van der Waals surface area contributed by atoms with Crippen LogP contribution in [0.1, 0.15) is 26.3 Å². The molecule has 5 heteroatoms. The Kier molecular flexibility index (Phi) is 5.28. The molecule has 0 aliphatic carbocycles. The first kappa shape index (κ1) is 13.0. The van der Waals surface area contributed by atoms with Crippen molar-refractivity contribution in [2.45, 2.75) is 39.3 Å². The zero-order valence-electron chi connectivity index (χ0n) is 10.0. The SMILES string of the molecule is CC(Cc1ccsc1)N=C(NN)NC(C)C. The third-order valence-electron chi connectivity index (χ3n) is 2.02. The second-order valence-electron chi connectivity index (χ2n) is 4.11. The number of hydrazine groups is 1. The number of hydrogen-bond donors (Lipinski definition) is 3. The lowest BCUT2D eigenvalue weighted by Gasteiger charge is -2.14. The maximum Gasteiger partial charge on any atom is 0.206 e. The van der Waals surface area contributed by atoms with Crippen LogP contribution in [0.5, 0.6) is 0 Å². The fraction of sp³-hybridized carbons (Fsp3) is 0.545. The van der Waals surface area contributed by atoms with Crippen molar-refractivity contribution in [2.24, 2.45) is 10.8 Å². The molecular formula is C11H20N4S. The number of guanidine groups is 1. The predicted octanol–water partition coefficient (Wildman–Crippen LogP) is 1.50. The maximum atomic E-state index is 5.40. The normalized spacial score (nSPS) is 13.9. The molecule has 1 heterocycles. The number of hydrogen-bond acceptors (Lipinski definition) is 3. The van der Waals surface area contributed by atoms with Gasteiger partial charge in [0.1, 0.15) is 0 Å². The van der Waals surface area contributed by atoms with Gasteiger partial charge in [-0.3, -0.25) is 5.43 Å². The van der Waals surface area contributed by atoms with Crippen molar-refractivity contribution in [3.8, 4) is 0 Å². The van der Waals surface area contributed by atoms with Gasteiger partial charge in [-0.15, -0.1) is 0 Å². The second kappa shape index (κ2) is 6.50. The van der Waals surface area contributed by atoms with Crippen LogP contribution in [0.2, 0.25) is 0 Å². The highest BCUT2D eigenvalue weighted by atomic mass is 32.1. The molecule has 0 amide bonds. The Morgan fingerprint density at radius 1 is 1.50 bits per heavy atom. The number of nitrogens with zero attached hydrogens (tertiary/aromatic N) is 1. The molecule has 0 bridgehead atoms. The average molecular weight is 240 g/mol. The van der Waals surface area contributed by atoms with E-state index in [4.69, 9.17) is 5.84 Å². The van der Waals surface area contributed by atoms with Crippen LogP contribution in [0.15, 0.2) is 21.8 Å². The summed E-state index contributed by atoms with van der Waals surface area (Å²) in [5.74, 6) is 6.05. The minimum atomic E-state index is 0.215. The van der Waals surface area contributed by atoms with Crippen molar-refractivity contribution >= 4 is 17.3 Å². The molecule has 90 valence electrons. The number of rotatable bonds is 4. The maximum absolute atomic E-state index is 5.40. The standard InChI is InChI=1S/C11H20N4S/c1-8(2)13-11(15-12)14-9(3)6-10-4-5-16-7-10/h4-5,7-9H,6,12H2,1-3H3,(H2,13,14,15). The Hall–Kier alpha value is -1.07. The summed E-state index contributed by atoms with van der Waals surface area (Å²) in [5.41, 5.74) is 3.91. The Balaban J connectivity index is 2.52. The van der Waals surface area contributed by atoms with Gasteiger partial charge in [0.15, 0.2) is 0 Å². The van der Waals surface area contributed by atoms with Gasteiger partial charge in [-0.05, 0) is 49.6 Å². The highest BCUT2D eigenvalue weighted by molar-refractivity contribution is 7.07. The Labute approximate surface area is 101 Å². The van der Waals surface area contributed by atoms with Gasteiger partial charge in [-0.25, -0.2) is 10.8 Å². The van der Waals surface area contributed by atoms with Crippen molar-refractivity contribution in [2.75, 3.05) is 0 Å². The number of thiophene rings is 1. The van der Waals surface area contributed by atoms with Gasteiger partial charge in [-0.2, -0.15) is 11.3 Å². The largest absolute Gasteiger partial charge is 0.353 e. The second-order valence-corrected chi connectivity index (χ2v) is 4.89. The summed E-state index contributed by atoms with van der Waals surface area (Å²) in [7, 11) is 0. The van der Waals surface area contributed by atoms with Crippen LogP contribution in [0.4, 0.5) is 0 Å². The Bertz CT molecular complexity index is 319. The average Bonchev–Trinajstić information content (AvgIpc) is 2.68. The lowest BCUT2D eigenvalue weighted by molar-refractivity contribution is 0.674. The summed E-state index contributed by atoms with van der Waals surface area (Å²) in [6.45, 7) is 6.18. The molecule has 0 aliphatic rings.